The quantitative estimate of drug-likeness (QED) is 0.461. The average molecular weight is 462 g/mol. The molecule has 2 aromatic carbocycles. The highest BCUT2D eigenvalue weighted by Crippen LogP contribution is 2.28. The van der Waals surface area contributed by atoms with Gasteiger partial charge < -0.3 is 4.74 Å². The monoisotopic (exact) mass is 461 g/mol. The summed E-state index contributed by atoms with van der Waals surface area (Å²) >= 11 is 7.56. The molecular weight excluding hydrogens is 446 g/mol. The summed E-state index contributed by atoms with van der Waals surface area (Å²) in [6, 6.07) is 13.9. The summed E-state index contributed by atoms with van der Waals surface area (Å²) in [5.41, 5.74) is 3.84. The number of morpholine rings is 1. The van der Waals surface area contributed by atoms with Crippen LogP contribution in [0.15, 0.2) is 52.5 Å². The van der Waals surface area contributed by atoms with Crippen LogP contribution in [0.4, 0.5) is 5.69 Å². The fourth-order valence-corrected chi connectivity index (χ4v) is 5.40. The van der Waals surface area contributed by atoms with Crippen LogP contribution in [0.5, 0.6) is 0 Å². The number of nitriles is 1. The van der Waals surface area contributed by atoms with Gasteiger partial charge in [0.1, 0.15) is 6.07 Å². The number of thiazole rings is 1. The van der Waals surface area contributed by atoms with Gasteiger partial charge in [-0.05, 0) is 30.3 Å². The molecule has 1 aliphatic heterocycles. The Labute approximate surface area is 182 Å². The van der Waals surface area contributed by atoms with E-state index in [1.54, 1.807) is 0 Å². The number of hydrogen-bond acceptors (Lipinski definition) is 8. The number of hydrogen-bond donors (Lipinski definition) is 1. The van der Waals surface area contributed by atoms with E-state index < -0.39 is 10.0 Å². The maximum absolute atomic E-state index is 12.9. The molecule has 3 aromatic rings. The fraction of sp³-hybridized carbons (Fsp3) is 0.211. The summed E-state index contributed by atoms with van der Waals surface area (Å²) in [6.07, 6.45) is 0. The Hall–Kier alpha value is -2.55. The molecule has 30 heavy (non-hydrogen) atoms. The second-order valence-electron chi connectivity index (χ2n) is 6.33. The Kier molecular flexibility index (Phi) is 5.99. The summed E-state index contributed by atoms with van der Waals surface area (Å²) < 4.78 is 33.3. The highest BCUT2D eigenvalue weighted by Gasteiger charge is 2.27. The van der Waals surface area contributed by atoms with Gasteiger partial charge in [0.2, 0.25) is 10.0 Å². The first-order valence-electron chi connectivity index (χ1n) is 8.96. The normalized spacial score (nSPS) is 15.8. The molecule has 0 spiro atoms. The first-order valence-corrected chi connectivity index (χ1v) is 11.6. The van der Waals surface area contributed by atoms with E-state index >= 15 is 0 Å². The van der Waals surface area contributed by atoms with Gasteiger partial charge in [-0.25, -0.2) is 13.4 Å². The maximum atomic E-state index is 12.9. The van der Waals surface area contributed by atoms with E-state index in [1.165, 1.54) is 33.8 Å². The van der Waals surface area contributed by atoms with Crippen molar-refractivity contribution >= 4 is 54.6 Å². The van der Waals surface area contributed by atoms with Crippen LogP contribution in [0.2, 0.25) is 5.02 Å². The fourth-order valence-electron chi connectivity index (χ4n) is 2.90. The number of ether oxygens (including phenoxy) is 1. The second-order valence-corrected chi connectivity index (χ2v) is 9.70. The van der Waals surface area contributed by atoms with Gasteiger partial charge >= 0.3 is 0 Å². The highest BCUT2D eigenvalue weighted by atomic mass is 35.5. The molecule has 1 fully saturated rings. The van der Waals surface area contributed by atoms with E-state index in [-0.39, 0.29) is 21.3 Å². The van der Waals surface area contributed by atoms with Crippen molar-refractivity contribution in [3.63, 3.8) is 0 Å². The number of fused-ring (bicyclic) bond motifs is 1. The molecule has 2 heterocycles. The van der Waals surface area contributed by atoms with Gasteiger partial charge in [-0.3, -0.25) is 5.43 Å². The number of halogens is 1. The smallest absolute Gasteiger partial charge is 0.243 e. The second kappa shape index (κ2) is 8.67. The molecule has 1 saturated heterocycles. The Morgan fingerprint density at radius 3 is 2.77 bits per heavy atom. The number of hydrazone groups is 1. The first kappa shape index (κ1) is 20.7. The van der Waals surface area contributed by atoms with Gasteiger partial charge in [0.15, 0.2) is 10.7 Å². The molecule has 1 aliphatic rings. The lowest BCUT2D eigenvalue weighted by atomic mass is 10.3. The average Bonchev–Trinajstić information content (AvgIpc) is 3.20. The van der Waals surface area contributed by atoms with Crippen molar-refractivity contribution in [2.75, 3.05) is 31.7 Å². The summed E-state index contributed by atoms with van der Waals surface area (Å²) in [5, 5.41) is 14.4. The number of benzene rings is 2. The molecule has 0 radical (unpaired) electrons. The van der Waals surface area contributed by atoms with Crippen LogP contribution < -0.4 is 5.43 Å². The number of sulfonamides is 1. The third-order valence-electron chi connectivity index (χ3n) is 4.44. The molecule has 8 nitrogen and oxygen atoms in total. The van der Waals surface area contributed by atoms with Gasteiger partial charge in [-0.2, -0.15) is 14.7 Å². The SMILES string of the molecule is N#CC(=NNc1cc(S(=O)(=O)N2CCOCC2)ccc1Cl)c1nc2ccccc2s1. The predicted molar refractivity (Wildman–Crippen MR) is 116 cm³/mol. The van der Waals surface area contributed by atoms with Crippen LogP contribution in [0.1, 0.15) is 5.01 Å². The number of para-hydroxylation sites is 1. The summed E-state index contributed by atoms with van der Waals surface area (Å²) in [5.74, 6) is 0. The number of aromatic nitrogens is 1. The first-order chi connectivity index (χ1) is 14.5. The lowest BCUT2D eigenvalue weighted by Crippen LogP contribution is -2.40. The van der Waals surface area contributed by atoms with Crippen molar-refractivity contribution in [3.8, 4) is 6.07 Å². The molecule has 0 bridgehead atoms. The van der Waals surface area contributed by atoms with Crippen LogP contribution >= 0.6 is 22.9 Å². The van der Waals surface area contributed by atoms with E-state index in [9.17, 15) is 13.7 Å². The molecule has 154 valence electrons. The van der Waals surface area contributed by atoms with Crippen molar-refractivity contribution in [1.29, 1.82) is 5.26 Å². The molecule has 0 unspecified atom stereocenters. The van der Waals surface area contributed by atoms with E-state index in [2.05, 4.69) is 15.5 Å². The molecule has 0 aliphatic carbocycles. The molecule has 0 saturated carbocycles. The predicted octanol–water partition coefficient (Wildman–Crippen LogP) is 3.31. The van der Waals surface area contributed by atoms with E-state index in [0.29, 0.717) is 31.3 Å². The standard InChI is InChI=1S/C19H16ClN5O3S2/c20-14-6-5-13(30(26,27)25-7-9-28-10-8-25)11-16(14)23-24-17(12-21)19-22-15-3-1-2-4-18(15)29-19/h1-6,11,23H,7-10H2. The van der Waals surface area contributed by atoms with Gasteiger partial charge in [0.25, 0.3) is 0 Å². The van der Waals surface area contributed by atoms with E-state index in [1.807, 2.05) is 30.3 Å². The van der Waals surface area contributed by atoms with E-state index in [4.69, 9.17) is 16.3 Å². The van der Waals surface area contributed by atoms with Crippen molar-refractivity contribution in [1.82, 2.24) is 9.29 Å². The topological polar surface area (TPSA) is 108 Å². The van der Waals surface area contributed by atoms with Gasteiger partial charge in [0, 0.05) is 13.1 Å². The van der Waals surface area contributed by atoms with Gasteiger partial charge in [0.05, 0.1) is 39.0 Å². The zero-order valence-corrected chi connectivity index (χ0v) is 18.0. The molecule has 0 amide bonds. The minimum Gasteiger partial charge on any atom is -0.379 e. The van der Waals surface area contributed by atoms with Crippen molar-refractivity contribution in [2.45, 2.75) is 4.90 Å². The number of anilines is 1. The Bertz CT molecular complexity index is 1230. The van der Waals surface area contributed by atoms with Crippen molar-refractivity contribution in [3.05, 3.63) is 52.5 Å². The largest absolute Gasteiger partial charge is 0.379 e. The minimum atomic E-state index is -3.68. The zero-order valence-electron chi connectivity index (χ0n) is 15.6. The summed E-state index contributed by atoms with van der Waals surface area (Å²) in [4.78, 5) is 4.50. The molecule has 4 rings (SSSR count). The van der Waals surface area contributed by atoms with Crippen LogP contribution in [-0.2, 0) is 14.8 Å². The minimum absolute atomic E-state index is 0.0775. The molecule has 0 atom stereocenters. The number of nitrogens with zero attached hydrogens (tertiary/aromatic N) is 4. The highest BCUT2D eigenvalue weighted by molar-refractivity contribution is 7.89. The number of rotatable bonds is 5. The molecule has 1 N–H and O–H groups in total. The maximum Gasteiger partial charge on any atom is 0.243 e. The number of nitrogens with one attached hydrogen (secondary N) is 1. The molecule has 1 aromatic heterocycles. The van der Waals surface area contributed by atoms with Crippen molar-refractivity contribution < 1.29 is 13.2 Å². The lowest BCUT2D eigenvalue weighted by molar-refractivity contribution is 0.0730. The van der Waals surface area contributed by atoms with E-state index in [0.717, 1.165) is 10.2 Å². The molecular formula is C19H16ClN5O3S2. The van der Waals surface area contributed by atoms with Crippen LogP contribution in [0.25, 0.3) is 10.2 Å². The Morgan fingerprint density at radius 2 is 2.03 bits per heavy atom. The van der Waals surface area contributed by atoms with Crippen LogP contribution in [0.3, 0.4) is 0 Å². The molecule has 11 heteroatoms. The summed E-state index contributed by atoms with van der Waals surface area (Å²) in [6.45, 7) is 1.30. The van der Waals surface area contributed by atoms with Crippen molar-refractivity contribution in [2.24, 2.45) is 5.10 Å². The van der Waals surface area contributed by atoms with Gasteiger partial charge in [-0.1, -0.05) is 23.7 Å². The Balaban J connectivity index is 1.62. The lowest BCUT2D eigenvalue weighted by Gasteiger charge is -2.26. The van der Waals surface area contributed by atoms with Crippen LogP contribution in [-0.4, -0.2) is 49.7 Å². The summed E-state index contributed by atoms with van der Waals surface area (Å²) in [7, 11) is -3.68. The van der Waals surface area contributed by atoms with Crippen LogP contribution in [0, 0.1) is 11.3 Å². The third kappa shape index (κ3) is 4.16. The Morgan fingerprint density at radius 1 is 1.27 bits per heavy atom. The zero-order chi connectivity index (χ0) is 21.1. The van der Waals surface area contributed by atoms with Gasteiger partial charge in [-0.15, -0.1) is 11.3 Å². The third-order valence-corrected chi connectivity index (χ3v) is 7.70.